The fourth-order valence-corrected chi connectivity index (χ4v) is 0.439. The normalized spacial score (nSPS) is 9.25. The van der Waals surface area contributed by atoms with Gasteiger partial charge in [0.1, 0.15) is 5.78 Å². The Bertz CT molecular complexity index is 72.8. The molecule has 0 aromatic carbocycles. The van der Waals surface area contributed by atoms with Crippen LogP contribution in [0.15, 0.2) is 0 Å². The minimum Gasteiger partial charge on any atom is -0.300 e. The summed E-state index contributed by atoms with van der Waals surface area (Å²) in [5.41, 5.74) is 2.47. The number of nitrogens with two attached hydrogens (primary N) is 1. The summed E-state index contributed by atoms with van der Waals surface area (Å²) in [6.45, 7) is 2.30. The molecular formula is C5H12N2O. The van der Waals surface area contributed by atoms with Crippen molar-refractivity contribution in [2.24, 2.45) is 5.84 Å². The van der Waals surface area contributed by atoms with Gasteiger partial charge in [0.2, 0.25) is 0 Å². The van der Waals surface area contributed by atoms with Gasteiger partial charge in [0.05, 0.1) is 0 Å². The molecule has 0 unspecified atom stereocenters. The molecule has 8 heavy (non-hydrogen) atoms. The second-order valence-corrected chi connectivity index (χ2v) is 1.76. The molecule has 0 aliphatic rings. The van der Waals surface area contributed by atoms with Crippen molar-refractivity contribution >= 4 is 5.78 Å². The topological polar surface area (TPSA) is 55.1 Å². The van der Waals surface area contributed by atoms with Crippen LogP contribution in [0.4, 0.5) is 0 Å². The first kappa shape index (κ1) is 7.59. The predicted octanol–water partition coefficient (Wildman–Crippen LogP) is -0.181. The number of Topliss-reactive ketones (excluding diaryl/α,β-unsaturated/α-hetero) is 1. The van der Waals surface area contributed by atoms with E-state index in [-0.39, 0.29) is 5.78 Å². The number of hydrazine groups is 1. The summed E-state index contributed by atoms with van der Waals surface area (Å²) >= 11 is 0. The summed E-state index contributed by atoms with van der Waals surface area (Å²) in [6.07, 6.45) is 1.47. The zero-order chi connectivity index (χ0) is 6.41. The monoisotopic (exact) mass is 116 g/mol. The molecule has 0 bridgehead atoms. The van der Waals surface area contributed by atoms with Crippen LogP contribution in [0.25, 0.3) is 0 Å². The smallest absolute Gasteiger partial charge is 0.129 e. The first-order chi connectivity index (χ1) is 3.77. The maximum Gasteiger partial charge on any atom is 0.129 e. The van der Waals surface area contributed by atoms with Crippen molar-refractivity contribution in [2.75, 3.05) is 6.54 Å². The van der Waals surface area contributed by atoms with E-state index in [1.165, 1.54) is 0 Å². The molecule has 0 amide bonds. The quantitative estimate of drug-likeness (QED) is 0.304. The molecule has 0 heterocycles. The van der Waals surface area contributed by atoms with Crippen LogP contribution < -0.4 is 11.3 Å². The van der Waals surface area contributed by atoms with E-state index in [9.17, 15) is 4.79 Å². The highest BCUT2D eigenvalue weighted by Gasteiger charge is 1.89. The SMILES string of the molecule is CC(=O)CCCNN. The van der Waals surface area contributed by atoms with Crippen LogP contribution in [0.3, 0.4) is 0 Å². The van der Waals surface area contributed by atoms with Crippen molar-refractivity contribution in [3.8, 4) is 0 Å². The highest BCUT2D eigenvalue weighted by atomic mass is 16.1. The molecule has 0 spiro atoms. The van der Waals surface area contributed by atoms with E-state index in [1.54, 1.807) is 6.92 Å². The minimum atomic E-state index is 0.222. The summed E-state index contributed by atoms with van der Waals surface area (Å²) in [4.78, 5) is 10.2. The van der Waals surface area contributed by atoms with Crippen molar-refractivity contribution in [1.82, 2.24) is 5.43 Å². The van der Waals surface area contributed by atoms with Crippen molar-refractivity contribution < 1.29 is 4.79 Å². The van der Waals surface area contributed by atoms with Crippen molar-refractivity contribution in [1.29, 1.82) is 0 Å². The van der Waals surface area contributed by atoms with E-state index in [1.807, 2.05) is 0 Å². The number of nitrogens with one attached hydrogen (secondary N) is 1. The Morgan fingerprint density at radius 1 is 1.75 bits per heavy atom. The number of hydrogen-bond acceptors (Lipinski definition) is 3. The van der Waals surface area contributed by atoms with E-state index >= 15 is 0 Å². The standard InChI is InChI=1S/C5H12N2O/c1-5(8)3-2-4-7-6/h7H,2-4,6H2,1H3. The fourth-order valence-electron chi connectivity index (χ4n) is 0.439. The molecule has 48 valence electrons. The van der Waals surface area contributed by atoms with Gasteiger partial charge in [-0.3, -0.25) is 11.3 Å². The highest BCUT2D eigenvalue weighted by Crippen LogP contribution is 1.85. The summed E-state index contributed by atoms with van der Waals surface area (Å²) in [5.74, 6) is 5.18. The van der Waals surface area contributed by atoms with Gasteiger partial charge in [-0.1, -0.05) is 0 Å². The molecule has 0 rings (SSSR count). The van der Waals surface area contributed by atoms with Crippen LogP contribution in [-0.2, 0) is 4.79 Å². The third-order valence-corrected chi connectivity index (χ3v) is 0.850. The molecule has 3 N–H and O–H groups in total. The highest BCUT2D eigenvalue weighted by molar-refractivity contribution is 5.75. The Balaban J connectivity index is 2.82. The molecule has 0 saturated heterocycles. The molecule has 0 saturated carbocycles. The van der Waals surface area contributed by atoms with Gasteiger partial charge in [-0.15, -0.1) is 0 Å². The number of rotatable bonds is 4. The number of carbonyl (C=O) groups excluding carboxylic acids is 1. The van der Waals surface area contributed by atoms with E-state index in [0.717, 1.165) is 13.0 Å². The number of hydrogen-bond donors (Lipinski definition) is 2. The minimum absolute atomic E-state index is 0.222. The molecule has 3 nitrogen and oxygen atoms in total. The van der Waals surface area contributed by atoms with Gasteiger partial charge in [-0.25, -0.2) is 0 Å². The zero-order valence-electron chi connectivity index (χ0n) is 5.11. The van der Waals surface area contributed by atoms with Gasteiger partial charge in [-0.2, -0.15) is 0 Å². The summed E-state index contributed by atoms with van der Waals surface area (Å²) in [5, 5.41) is 0. The van der Waals surface area contributed by atoms with E-state index in [2.05, 4.69) is 5.43 Å². The van der Waals surface area contributed by atoms with E-state index in [4.69, 9.17) is 5.84 Å². The lowest BCUT2D eigenvalue weighted by Gasteiger charge is -1.93. The van der Waals surface area contributed by atoms with Gasteiger partial charge in [0.25, 0.3) is 0 Å². The maximum absolute atomic E-state index is 10.2. The van der Waals surface area contributed by atoms with Crippen molar-refractivity contribution in [3.05, 3.63) is 0 Å². The van der Waals surface area contributed by atoms with Crippen LogP contribution in [0.2, 0.25) is 0 Å². The predicted molar refractivity (Wildman–Crippen MR) is 32.1 cm³/mol. The number of ketones is 1. The van der Waals surface area contributed by atoms with Gasteiger partial charge in [-0.05, 0) is 13.3 Å². The van der Waals surface area contributed by atoms with Crippen LogP contribution in [0.5, 0.6) is 0 Å². The molecule has 0 aliphatic carbocycles. The first-order valence-corrected chi connectivity index (χ1v) is 2.70. The molecule has 3 heteroatoms. The second kappa shape index (κ2) is 4.74. The average molecular weight is 116 g/mol. The van der Waals surface area contributed by atoms with Crippen molar-refractivity contribution in [2.45, 2.75) is 19.8 Å². The third kappa shape index (κ3) is 5.59. The van der Waals surface area contributed by atoms with Crippen LogP contribution in [0.1, 0.15) is 19.8 Å². The fraction of sp³-hybridized carbons (Fsp3) is 0.800. The van der Waals surface area contributed by atoms with Crippen molar-refractivity contribution in [3.63, 3.8) is 0 Å². The van der Waals surface area contributed by atoms with Gasteiger partial charge in [0.15, 0.2) is 0 Å². The Morgan fingerprint density at radius 2 is 2.38 bits per heavy atom. The Labute approximate surface area is 49.2 Å². The average Bonchev–Trinajstić information content (AvgIpc) is 1.66. The zero-order valence-corrected chi connectivity index (χ0v) is 5.11. The van der Waals surface area contributed by atoms with Crippen LogP contribution in [0, 0.1) is 0 Å². The molecule has 0 aliphatic heterocycles. The van der Waals surface area contributed by atoms with Gasteiger partial charge < -0.3 is 4.79 Å². The van der Waals surface area contributed by atoms with E-state index < -0.39 is 0 Å². The molecule has 0 fully saturated rings. The van der Waals surface area contributed by atoms with E-state index in [0.29, 0.717) is 6.42 Å². The first-order valence-electron chi connectivity index (χ1n) is 2.70. The van der Waals surface area contributed by atoms with Crippen LogP contribution >= 0.6 is 0 Å². The lowest BCUT2D eigenvalue weighted by molar-refractivity contribution is -0.117. The second-order valence-electron chi connectivity index (χ2n) is 1.76. The molecule has 0 radical (unpaired) electrons. The Kier molecular flexibility index (Phi) is 4.50. The summed E-state index contributed by atoms with van der Waals surface area (Å²) in [7, 11) is 0. The Morgan fingerprint density at radius 3 is 2.75 bits per heavy atom. The Hall–Kier alpha value is -0.410. The van der Waals surface area contributed by atoms with Crippen LogP contribution in [-0.4, -0.2) is 12.3 Å². The molecule has 0 aromatic rings. The maximum atomic E-state index is 10.2. The summed E-state index contributed by atoms with van der Waals surface area (Å²) in [6, 6.07) is 0. The molecule has 0 atom stereocenters. The lowest BCUT2D eigenvalue weighted by Crippen LogP contribution is -2.23. The van der Waals surface area contributed by atoms with Gasteiger partial charge in [0, 0.05) is 13.0 Å². The molecular weight excluding hydrogens is 104 g/mol. The summed E-state index contributed by atoms with van der Waals surface area (Å²) < 4.78 is 0. The largest absolute Gasteiger partial charge is 0.300 e. The third-order valence-electron chi connectivity index (χ3n) is 0.850. The molecule has 0 aromatic heterocycles. The van der Waals surface area contributed by atoms with Gasteiger partial charge >= 0.3 is 0 Å². The number of carbonyl (C=O) groups is 1. The lowest BCUT2D eigenvalue weighted by atomic mass is 10.2.